The highest BCUT2D eigenvalue weighted by Gasteiger charge is 2.22. The Hall–Kier alpha value is -3.56. The van der Waals surface area contributed by atoms with Gasteiger partial charge in [0.1, 0.15) is 5.82 Å². The Kier molecular flexibility index (Phi) is 5.82. The summed E-state index contributed by atoms with van der Waals surface area (Å²) in [5.74, 6) is 2.11. The van der Waals surface area contributed by atoms with Crippen molar-refractivity contribution in [2.45, 2.75) is 20.3 Å². The average Bonchev–Trinajstić information content (AvgIpc) is 3.12. The number of amides is 1. The number of hydrogen-bond acceptors (Lipinski definition) is 8. The van der Waals surface area contributed by atoms with E-state index in [2.05, 4.69) is 35.3 Å². The van der Waals surface area contributed by atoms with Gasteiger partial charge in [0.2, 0.25) is 11.9 Å². The molecule has 0 radical (unpaired) electrons. The van der Waals surface area contributed by atoms with Crippen LogP contribution in [0.3, 0.4) is 0 Å². The van der Waals surface area contributed by atoms with E-state index < -0.39 is 0 Å². The van der Waals surface area contributed by atoms with Crippen molar-refractivity contribution in [2.24, 2.45) is 0 Å². The van der Waals surface area contributed by atoms with E-state index in [1.165, 1.54) is 0 Å². The summed E-state index contributed by atoms with van der Waals surface area (Å²) in [6, 6.07) is 3.79. The molecule has 4 rings (SSSR count). The van der Waals surface area contributed by atoms with Gasteiger partial charge in [0.25, 0.3) is 0 Å². The topological polar surface area (TPSA) is 105 Å². The van der Waals surface area contributed by atoms with Crippen molar-refractivity contribution in [1.29, 1.82) is 0 Å². The smallest absolute Gasteiger partial charge is 0.225 e. The fourth-order valence-corrected chi connectivity index (χ4v) is 3.47. The molecule has 1 N–H and O–H groups in total. The fourth-order valence-electron chi connectivity index (χ4n) is 3.47. The van der Waals surface area contributed by atoms with Crippen LogP contribution in [0.4, 0.5) is 11.8 Å². The summed E-state index contributed by atoms with van der Waals surface area (Å²) in [7, 11) is 0. The third kappa shape index (κ3) is 4.53. The predicted octanol–water partition coefficient (Wildman–Crippen LogP) is 1.22. The fraction of sp³-hybridized carbons (Fsp3) is 0.400. The second-order valence-corrected chi connectivity index (χ2v) is 7.19. The molecule has 1 amide bonds. The Bertz CT molecular complexity index is 997. The number of hydrogen-bond donors (Lipinski definition) is 1. The van der Waals surface area contributed by atoms with Gasteiger partial charge in [0.05, 0.1) is 18.1 Å². The first-order valence-electron chi connectivity index (χ1n) is 9.99. The molecule has 10 nitrogen and oxygen atoms in total. The van der Waals surface area contributed by atoms with E-state index in [1.54, 1.807) is 35.5 Å². The first kappa shape index (κ1) is 19.7. The molecule has 0 spiro atoms. The van der Waals surface area contributed by atoms with Gasteiger partial charge in [0.15, 0.2) is 5.82 Å². The lowest BCUT2D eigenvalue weighted by atomic mass is 10.3. The zero-order valence-corrected chi connectivity index (χ0v) is 17.2. The maximum Gasteiger partial charge on any atom is 0.225 e. The number of nitrogens with zero attached hydrogens (tertiary/aromatic N) is 8. The van der Waals surface area contributed by atoms with Crippen molar-refractivity contribution in [3.63, 3.8) is 0 Å². The summed E-state index contributed by atoms with van der Waals surface area (Å²) < 4.78 is 1.76. The third-order valence-electron chi connectivity index (χ3n) is 4.96. The zero-order chi connectivity index (χ0) is 20.9. The number of anilines is 2. The van der Waals surface area contributed by atoms with Crippen LogP contribution in [-0.4, -0.2) is 73.2 Å². The minimum atomic E-state index is 0.124. The molecule has 1 aliphatic heterocycles. The van der Waals surface area contributed by atoms with Crippen LogP contribution < -0.4 is 10.2 Å². The maximum atomic E-state index is 12.6. The Labute approximate surface area is 175 Å². The molecule has 3 aromatic rings. The van der Waals surface area contributed by atoms with Gasteiger partial charge >= 0.3 is 0 Å². The van der Waals surface area contributed by atoms with Crippen molar-refractivity contribution >= 4 is 17.7 Å². The lowest BCUT2D eigenvalue weighted by molar-refractivity contribution is -0.131. The third-order valence-corrected chi connectivity index (χ3v) is 4.96. The highest BCUT2D eigenvalue weighted by atomic mass is 16.2. The molecule has 0 aromatic carbocycles. The van der Waals surface area contributed by atoms with Gasteiger partial charge in [-0.1, -0.05) is 0 Å². The summed E-state index contributed by atoms with van der Waals surface area (Å²) in [5.41, 5.74) is 1.92. The quantitative estimate of drug-likeness (QED) is 0.650. The van der Waals surface area contributed by atoms with Crippen LogP contribution in [0.25, 0.3) is 5.82 Å². The molecule has 4 heterocycles. The second kappa shape index (κ2) is 8.85. The molecule has 1 saturated heterocycles. The second-order valence-electron chi connectivity index (χ2n) is 7.19. The first-order valence-corrected chi connectivity index (χ1v) is 9.99. The monoisotopic (exact) mass is 407 g/mol. The van der Waals surface area contributed by atoms with E-state index in [9.17, 15) is 4.79 Å². The number of nitrogens with one attached hydrogen (secondary N) is 1. The standard InChI is InChI=1S/C20H25N9O/c1-15-12-16(2)29(26-15)18-14-21-13-17(25-18)22-7-4-19(30)27-8-10-28(11-9-27)20-23-5-3-6-24-20/h3,5-6,12-14H,4,7-11H2,1-2H3,(H,22,25). The number of rotatable bonds is 6. The van der Waals surface area contributed by atoms with Crippen LogP contribution in [-0.2, 0) is 4.79 Å². The molecular weight excluding hydrogens is 382 g/mol. The van der Waals surface area contributed by atoms with E-state index >= 15 is 0 Å². The van der Waals surface area contributed by atoms with Gasteiger partial charge in [-0.2, -0.15) is 5.10 Å². The average molecular weight is 407 g/mol. The molecule has 0 bridgehead atoms. The normalized spacial score (nSPS) is 14.1. The summed E-state index contributed by atoms with van der Waals surface area (Å²) in [6.07, 6.45) is 7.19. The lowest BCUT2D eigenvalue weighted by Gasteiger charge is -2.34. The number of carbonyl (C=O) groups excluding carboxylic acids is 1. The summed E-state index contributed by atoms with van der Waals surface area (Å²) in [5, 5.41) is 7.63. The molecule has 0 aliphatic carbocycles. The van der Waals surface area contributed by atoms with Gasteiger partial charge in [-0.05, 0) is 26.0 Å². The highest BCUT2D eigenvalue weighted by Crippen LogP contribution is 2.12. The number of piperazine rings is 1. The lowest BCUT2D eigenvalue weighted by Crippen LogP contribution is -2.49. The molecule has 30 heavy (non-hydrogen) atoms. The van der Waals surface area contributed by atoms with Gasteiger partial charge in [-0.15, -0.1) is 0 Å². The van der Waals surface area contributed by atoms with E-state index in [1.807, 2.05) is 24.8 Å². The van der Waals surface area contributed by atoms with Gasteiger partial charge in [-0.25, -0.2) is 19.6 Å². The van der Waals surface area contributed by atoms with Crippen molar-refractivity contribution < 1.29 is 4.79 Å². The first-order chi connectivity index (χ1) is 14.6. The zero-order valence-electron chi connectivity index (χ0n) is 17.2. The molecule has 156 valence electrons. The molecule has 1 aliphatic rings. The van der Waals surface area contributed by atoms with E-state index in [-0.39, 0.29) is 5.91 Å². The van der Waals surface area contributed by atoms with E-state index in [4.69, 9.17) is 0 Å². The van der Waals surface area contributed by atoms with Gasteiger partial charge in [0, 0.05) is 57.2 Å². The molecule has 0 atom stereocenters. The van der Waals surface area contributed by atoms with E-state index in [0.29, 0.717) is 43.6 Å². The van der Waals surface area contributed by atoms with Crippen molar-refractivity contribution in [3.8, 4) is 5.82 Å². The summed E-state index contributed by atoms with van der Waals surface area (Å²) in [4.78, 5) is 33.9. The maximum absolute atomic E-state index is 12.6. The van der Waals surface area contributed by atoms with Gasteiger partial charge < -0.3 is 15.1 Å². The van der Waals surface area contributed by atoms with Crippen molar-refractivity contribution in [1.82, 2.24) is 34.6 Å². The largest absolute Gasteiger partial charge is 0.368 e. The van der Waals surface area contributed by atoms with Crippen molar-refractivity contribution in [2.75, 3.05) is 42.9 Å². The van der Waals surface area contributed by atoms with Crippen LogP contribution in [0, 0.1) is 13.8 Å². The predicted molar refractivity (Wildman–Crippen MR) is 113 cm³/mol. The molecule has 1 fully saturated rings. The molecular formula is C20H25N9O. The molecule has 10 heteroatoms. The van der Waals surface area contributed by atoms with E-state index in [0.717, 1.165) is 24.5 Å². The highest BCUT2D eigenvalue weighted by molar-refractivity contribution is 5.77. The molecule has 3 aromatic heterocycles. The van der Waals surface area contributed by atoms with Crippen LogP contribution in [0.2, 0.25) is 0 Å². The number of aryl methyl sites for hydroxylation is 2. The van der Waals surface area contributed by atoms with Gasteiger partial charge in [-0.3, -0.25) is 9.78 Å². The Balaban J connectivity index is 1.26. The number of carbonyl (C=O) groups is 1. The van der Waals surface area contributed by atoms with Crippen LogP contribution in [0.15, 0.2) is 36.9 Å². The van der Waals surface area contributed by atoms with Crippen LogP contribution in [0.5, 0.6) is 0 Å². The number of aromatic nitrogens is 6. The SMILES string of the molecule is Cc1cc(C)n(-c2cncc(NCCC(=O)N3CCN(c4ncccn4)CC3)n2)n1. The minimum absolute atomic E-state index is 0.124. The summed E-state index contributed by atoms with van der Waals surface area (Å²) in [6.45, 7) is 7.23. The van der Waals surface area contributed by atoms with Crippen LogP contribution >= 0.6 is 0 Å². The summed E-state index contributed by atoms with van der Waals surface area (Å²) >= 11 is 0. The Morgan fingerprint density at radius 3 is 2.57 bits per heavy atom. The Morgan fingerprint density at radius 1 is 1.10 bits per heavy atom. The molecule has 0 unspecified atom stereocenters. The minimum Gasteiger partial charge on any atom is -0.368 e. The van der Waals surface area contributed by atoms with Crippen LogP contribution in [0.1, 0.15) is 17.8 Å². The molecule has 0 saturated carbocycles. The van der Waals surface area contributed by atoms with Crippen molar-refractivity contribution in [3.05, 3.63) is 48.3 Å². The Morgan fingerprint density at radius 2 is 1.87 bits per heavy atom.